The van der Waals surface area contributed by atoms with Gasteiger partial charge >= 0.3 is 0 Å². The van der Waals surface area contributed by atoms with Crippen molar-refractivity contribution in [2.45, 2.75) is 6.54 Å². The molecule has 0 aliphatic carbocycles. The molecule has 6 nitrogen and oxygen atoms in total. The van der Waals surface area contributed by atoms with Crippen molar-refractivity contribution in [1.29, 1.82) is 5.26 Å². The number of rotatable bonds is 4. The number of carbonyl (C=O) groups is 1. The number of hydrogen-bond acceptors (Lipinski definition) is 4. The maximum Gasteiger partial charge on any atom is 0.254 e. The van der Waals surface area contributed by atoms with Gasteiger partial charge in [0, 0.05) is 16.7 Å². The number of nitrogens with zero attached hydrogens (tertiary/aromatic N) is 3. The zero-order valence-electron chi connectivity index (χ0n) is 13.8. The molecule has 8 heteroatoms. The quantitative estimate of drug-likeness (QED) is 0.750. The number of anilines is 1. The van der Waals surface area contributed by atoms with Crippen LogP contribution in [0.5, 0.6) is 0 Å². The van der Waals surface area contributed by atoms with Gasteiger partial charge in [-0.05, 0) is 42.5 Å². The Bertz CT molecular complexity index is 1100. The first kappa shape index (κ1) is 18.3. The van der Waals surface area contributed by atoms with Crippen molar-refractivity contribution in [1.82, 2.24) is 9.55 Å². The van der Waals surface area contributed by atoms with Gasteiger partial charge in [0.25, 0.3) is 5.56 Å². The highest BCUT2D eigenvalue weighted by atomic mass is 35.5. The number of nitrogens with one attached hydrogen (secondary N) is 1. The Kier molecular flexibility index (Phi) is 5.29. The van der Waals surface area contributed by atoms with Gasteiger partial charge in [-0.1, -0.05) is 11.6 Å². The van der Waals surface area contributed by atoms with E-state index in [4.69, 9.17) is 16.9 Å². The van der Waals surface area contributed by atoms with E-state index in [1.165, 1.54) is 48.8 Å². The first-order valence-electron chi connectivity index (χ1n) is 7.78. The van der Waals surface area contributed by atoms with Gasteiger partial charge in [-0.25, -0.2) is 9.37 Å². The third kappa shape index (κ3) is 4.37. The molecule has 0 aliphatic heterocycles. The number of carbonyl (C=O) groups excluding carboxylic acids is 1. The third-order valence-electron chi connectivity index (χ3n) is 3.71. The topological polar surface area (TPSA) is 87.8 Å². The summed E-state index contributed by atoms with van der Waals surface area (Å²) in [5.74, 6) is -0.895. The van der Waals surface area contributed by atoms with Gasteiger partial charge in [0.2, 0.25) is 5.91 Å². The molecule has 1 heterocycles. The predicted octanol–water partition coefficient (Wildman–Crippen LogP) is 3.21. The number of amides is 1. The highest BCUT2D eigenvalue weighted by molar-refractivity contribution is 6.31. The van der Waals surface area contributed by atoms with Gasteiger partial charge in [0.05, 0.1) is 23.3 Å². The summed E-state index contributed by atoms with van der Waals surface area (Å²) in [7, 11) is 0. The standard InChI is InChI=1S/C19H12ClFN4O2/c20-14-4-1-13(9-22)17(7-14)24-18(26)10-25-11-23-16(8-19(25)27)12-2-5-15(21)6-3-12/h1-8,11H,10H2,(H,24,26). The van der Waals surface area contributed by atoms with Gasteiger partial charge < -0.3 is 5.32 Å². The van der Waals surface area contributed by atoms with Gasteiger partial charge in [-0.15, -0.1) is 0 Å². The maximum absolute atomic E-state index is 13.0. The molecule has 0 bridgehead atoms. The zero-order chi connectivity index (χ0) is 19.4. The highest BCUT2D eigenvalue weighted by Gasteiger charge is 2.10. The van der Waals surface area contributed by atoms with Crippen molar-refractivity contribution < 1.29 is 9.18 Å². The number of halogens is 2. The second-order valence-electron chi connectivity index (χ2n) is 5.60. The molecule has 0 saturated heterocycles. The molecular weight excluding hydrogens is 371 g/mol. The molecule has 0 saturated carbocycles. The minimum atomic E-state index is -0.507. The smallest absolute Gasteiger partial charge is 0.254 e. The fraction of sp³-hybridized carbons (Fsp3) is 0.0526. The Morgan fingerprint density at radius 1 is 1.22 bits per heavy atom. The van der Waals surface area contributed by atoms with Crippen molar-refractivity contribution in [3.05, 3.63) is 81.6 Å². The van der Waals surface area contributed by atoms with Crippen molar-refractivity contribution in [2.75, 3.05) is 5.32 Å². The molecule has 1 aromatic heterocycles. The van der Waals surface area contributed by atoms with E-state index in [2.05, 4.69) is 10.3 Å². The van der Waals surface area contributed by atoms with Crippen molar-refractivity contribution in [3.8, 4) is 17.3 Å². The minimum absolute atomic E-state index is 0.255. The summed E-state index contributed by atoms with van der Waals surface area (Å²) < 4.78 is 14.1. The number of nitriles is 1. The normalized spacial score (nSPS) is 10.3. The molecule has 3 rings (SSSR count). The molecule has 1 N–H and O–H groups in total. The Hall–Kier alpha value is -3.50. The van der Waals surface area contributed by atoms with Crippen LogP contribution in [0, 0.1) is 17.1 Å². The van der Waals surface area contributed by atoms with Gasteiger partial charge in [-0.3, -0.25) is 14.2 Å². The summed E-state index contributed by atoms with van der Waals surface area (Å²) in [5, 5.41) is 12.0. The summed E-state index contributed by atoms with van der Waals surface area (Å²) in [5.41, 5.74) is 1.04. The summed E-state index contributed by atoms with van der Waals surface area (Å²) in [6.07, 6.45) is 1.24. The fourth-order valence-electron chi connectivity index (χ4n) is 2.39. The molecule has 0 radical (unpaired) electrons. The van der Waals surface area contributed by atoms with Gasteiger partial charge in [0.15, 0.2) is 0 Å². The minimum Gasteiger partial charge on any atom is -0.323 e. The van der Waals surface area contributed by atoms with E-state index in [1.807, 2.05) is 6.07 Å². The lowest BCUT2D eigenvalue weighted by Gasteiger charge is -2.09. The van der Waals surface area contributed by atoms with Gasteiger partial charge in [-0.2, -0.15) is 5.26 Å². The van der Waals surface area contributed by atoms with Crippen LogP contribution in [0.1, 0.15) is 5.56 Å². The maximum atomic E-state index is 13.0. The molecule has 2 aromatic carbocycles. The van der Waals surface area contributed by atoms with Crippen LogP contribution in [0.3, 0.4) is 0 Å². The lowest BCUT2D eigenvalue weighted by molar-refractivity contribution is -0.116. The predicted molar refractivity (Wildman–Crippen MR) is 98.7 cm³/mol. The molecule has 0 aliphatic rings. The average molecular weight is 383 g/mol. The molecular formula is C19H12ClFN4O2. The van der Waals surface area contributed by atoms with Crippen molar-refractivity contribution in [3.63, 3.8) is 0 Å². The second kappa shape index (κ2) is 7.81. The third-order valence-corrected chi connectivity index (χ3v) is 3.94. The monoisotopic (exact) mass is 382 g/mol. The van der Waals surface area contributed by atoms with Crippen LogP contribution < -0.4 is 10.9 Å². The molecule has 0 spiro atoms. The first-order valence-corrected chi connectivity index (χ1v) is 8.16. The molecule has 1 amide bonds. The Balaban J connectivity index is 1.77. The lowest BCUT2D eigenvalue weighted by atomic mass is 10.1. The van der Waals surface area contributed by atoms with Crippen LogP contribution in [0.25, 0.3) is 11.3 Å². The number of benzene rings is 2. The van der Waals surface area contributed by atoms with Crippen LogP contribution in [-0.2, 0) is 11.3 Å². The fourth-order valence-corrected chi connectivity index (χ4v) is 2.56. The number of aromatic nitrogens is 2. The van der Waals surface area contributed by atoms with Crippen LogP contribution in [0.15, 0.2) is 59.7 Å². The molecule has 3 aromatic rings. The first-order chi connectivity index (χ1) is 13.0. The van der Waals surface area contributed by atoms with Crippen molar-refractivity contribution in [2.24, 2.45) is 0 Å². The molecule has 0 fully saturated rings. The van der Waals surface area contributed by atoms with Crippen LogP contribution in [-0.4, -0.2) is 15.5 Å². The Morgan fingerprint density at radius 3 is 2.63 bits per heavy atom. The average Bonchev–Trinajstić information content (AvgIpc) is 2.64. The van der Waals surface area contributed by atoms with E-state index in [-0.39, 0.29) is 23.6 Å². The lowest BCUT2D eigenvalue weighted by Crippen LogP contribution is -2.27. The molecule has 134 valence electrons. The van der Waals surface area contributed by atoms with E-state index in [1.54, 1.807) is 6.07 Å². The van der Waals surface area contributed by atoms with Crippen LogP contribution in [0.4, 0.5) is 10.1 Å². The van der Waals surface area contributed by atoms with E-state index < -0.39 is 11.5 Å². The second-order valence-corrected chi connectivity index (χ2v) is 6.03. The van der Waals surface area contributed by atoms with Crippen molar-refractivity contribution >= 4 is 23.2 Å². The van der Waals surface area contributed by atoms with E-state index >= 15 is 0 Å². The summed E-state index contributed by atoms with van der Waals surface area (Å²) >= 11 is 5.88. The zero-order valence-corrected chi connectivity index (χ0v) is 14.6. The van der Waals surface area contributed by atoms with Crippen LogP contribution in [0.2, 0.25) is 5.02 Å². The summed E-state index contributed by atoms with van der Waals surface area (Å²) in [6.45, 7) is -0.285. The van der Waals surface area contributed by atoms with E-state index in [9.17, 15) is 14.0 Å². The van der Waals surface area contributed by atoms with Gasteiger partial charge in [0.1, 0.15) is 18.4 Å². The van der Waals surface area contributed by atoms with E-state index in [0.717, 1.165) is 4.57 Å². The number of hydrogen-bond donors (Lipinski definition) is 1. The highest BCUT2D eigenvalue weighted by Crippen LogP contribution is 2.20. The molecule has 27 heavy (non-hydrogen) atoms. The Morgan fingerprint density at radius 2 is 1.96 bits per heavy atom. The molecule has 0 unspecified atom stereocenters. The largest absolute Gasteiger partial charge is 0.323 e. The SMILES string of the molecule is N#Cc1ccc(Cl)cc1NC(=O)Cn1cnc(-c2ccc(F)cc2)cc1=O. The summed E-state index contributed by atoms with van der Waals surface area (Å²) in [6, 6.07) is 13.3. The van der Waals surface area contributed by atoms with E-state index in [0.29, 0.717) is 16.3 Å². The Labute approximate surface area is 158 Å². The molecule has 0 atom stereocenters. The van der Waals surface area contributed by atoms with Crippen LogP contribution >= 0.6 is 11.6 Å². The summed E-state index contributed by atoms with van der Waals surface area (Å²) in [4.78, 5) is 28.6.